The van der Waals surface area contributed by atoms with Crippen LogP contribution in [-0.4, -0.2) is 22.2 Å². The number of ether oxygens (including phenoxy) is 1. The summed E-state index contributed by atoms with van der Waals surface area (Å²) in [5.41, 5.74) is 4.55. The molecule has 0 saturated carbocycles. The molecule has 2 aromatic rings. The monoisotopic (exact) mass is 652 g/mol. The van der Waals surface area contributed by atoms with Gasteiger partial charge in [-0.25, -0.2) is 4.79 Å². The van der Waals surface area contributed by atoms with Gasteiger partial charge >= 0.3 is 5.97 Å². The van der Waals surface area contributed by atoms with E-state index in [-0.39, 0.29) is 5.75 Å². The molecule has 0 spiro atoms. The van der Waals surface area contributed by atoms with Crippen LogP contribution in [0.2, 0.25) is 0 Å². The minimum atomic E-state index is -0.908. The van der Waals surface area contributed by atoms with Crippen molar-refractivity contribution in [2.24, 2.45) is 0 Å². The van der Waals surface area contributed by atoms with Crippen molar-refractivity contribution in [1.29, 1.82) is 0 Å². The Kier molecular flexibility index (Phi) is 6.74. The predicted molar refractivity (Wildman–Crippen MR) is 111 cm³/mol. The van der Waals surface area contributed by atoms with Crippen molar-refractivity contribution in [3.05, 3.63) is 46.6 Å². The fraction of sp³-hybridized carbons (Fsp3) is 0.133. The van der Waals surface area contributed by atoms with Gasteiger partial charge < -0.3 is 20.7 Å². The lowest BCUT2D eigenvalue weighted by Gasteiger charge is -2.13. The van der Waals surface area contributed by atoms with Gasteiger partial charge in [-0.05, 0) is 104 Å². The van der Waals surface area contributed by atoms with Gasteiger partial charge in [-0.15, -0.1) is 0 Å². The number of rotatable bonds is 5. The Balaban J connectivity index is 2.26. The molecule has 8 heteroatoms. The number of carboxylic acids is 1. The highest BCUT2D eigenvalue weighted by atomic mass is 127. The fourth-order valence-corrected chi connectivity index (χ4v) is 4.47. The quantitative estimate of drug-likeness (QED) is 0.433. The number of benzene rings is 2. The van der Waals surface area contributed by atoms with Crippen LogP contribution < -0.4 is 10.5 Å². The number of halogens is 3. The van der Waals surface area contributed by atoms with E-state index >= 15 is 0 Å². The summed E-state index contributed by atoms with van der Waals surface area (Å²) in [6, 6.07) is 8.19. The van der Waals surface area contributed by atoms with Gasteiger partial charge in [-0.2, -0.15) is 0 Å². The van der Waals surface area contributed by atoms with Gasteiger partial charge in [0.1, 0.15) is 11.5 Å². The Hall–Kier alpha value is -0.340. The van der Waals surface area contributed by atoms with Crippen LogP contribution in [-0.2, 0) is 11.2 Å². The Labute approximate surface area is 174 Å². The van der Waals surface area contributed by atoms with Gasteiger partial charge in [0.15, 0.2) is 11.8 Å². The summed E-state index contributed by atoms with van der Waals surface area (Å²) in [7, 11) is 0. The van der Waals surface area contributed by atoms with Gasteiger partial charge in [-0.1, -0.05) is 0 Å². The van der Waals surface area contributed by atoms with Crippen LogP contribution in [0.5, 0.6) is 17.2 Å². The van der Waals surface area contributed by atoms with Crippen molar-refractivity contribution in [1.82, 2.24) is 0 Å². The second kappa shape index (κ2) is 8.16. The zero-order valence-corrected chi connectivity index (χ0v) is 18.2. The molecule has 0 amide bonds. The summed E-state index contributed by atoms with van der Waals surface area (Å²) in [4.78, 5) is 10.9. The number of hydrogen-bond acceptors (Lipinski definition) is 3. The number of phenols is 1. The molecule has 0 aromatic heterocycles. The van der Waals surface area contributed by atoms with Crippen molar-refractivity contribution in [2.75, 3.05) is 0 Å². The predicted octanol–water partition coefficient (Wildman–Crippen LogP) is 3.24. The van der Waals surface area contributed by atoms with Crippen LogP contribution in [0, 0.1) is 10.7 Å². The highest BCUT2D eigenvalue weighted by Gasteiger charge is 2.18. The number of phenolic OH excluding ortho intramolecular Hbond substituents is 1. The fourth-order valence-electron chi connectivity index (χ4n) is 1.87. The van der Waals surface area contributed by atoms with E-state index in [1.807, 2.05) is 34.7 Å². The normalized spacial score (nSPS) is 12.0. The lowest BCUT2D eigenvalue weighted by molar-refractivity contribution is -0.407. The van der Waals surface area contributed by atoms with Crippen molar-refractivity contribution >= 4 is 73.7 Å². The summed E-state index contributed by atoms with van der Waals surface area (Å²) in [5, 5.41) is 18.5. The first kappa shape index (κ1) is 19.0. The molecule has 0 unspecified atom stereocenters. The van der Waals surface area contributed by atoms with E-state index in [0.29, 0.717) is 21.5 Å². The zero-order valence-electron chi connectivity index (χ0n) is 11.7. The molecule has 0 bridgehead atoms. The third-order valence-corrected chi connectivity index (χ3v) is 5.50. The SMILES string of the molecule is [NH3+][C@@H](Cc1cc(I)c(Oc2ccc(O)c(I)c2)c(I)c1)C(=O)O. The molecule has 1 atom stereocenters. The van der Waals surface area contributed by atoms with Gasteiger partial charge in [0.05, 0.1) is 10.7 Å². The highest BCUT2D eigenvalue weighted by Crippen LogP contribution is 2.34. The maximum Gasteiger partial charge on any atom is 0.362 e. The molecule has 5 N–H and O–H groups in total. The highest BCUT2D eigenvalue weighted by molar-refractivity contribution is 14.1. The molecule has 0 aliphatic heterocycles. The van der Waals surface area contributed by atoms with Crippen molar-refractivity contribution < 1.29 is 25.5 Å². The molecule has 23 heavy (non-hydrogen) atoms. The van der Waals surface area contributed by atoms with Gasteiger partial charge in [0, 0.05) is 6.42 Å². The molecule has 0 aliphatic rings. The molecule has 0 radical (unpaired) electrons. The third kappa shape index (κ3) is 5.06. The first-order valence-corrected chi connectivity index (χ1v) is 9.71. The van der Waals surface area contributed by atoms with E-state index in [9.17, 15) is 9.90 Å². The maximum atomic E-state index is 10.9. The average Bonchev–Trinajstić information content (AvgIpc) is 2.46. The minimum Gasteiger partial charge on any atom is -0.507 e. The minimum absolute atomic E-state index is 0.216. The van der Waals surface area contributed by atoms with Crippen LogP contribution in [0.3, 0.4) is 0 Å². The lowest BCUT2D eigenvalue weighted by atomic mass is 10.1. The lowest BCUT2D eigenvalue weighted by Crippen LogP contribution is -2.65. The Morgan fingerprint density at radius 3 is 2.26 bits per heavy atom. The van der Waals surface area contributed by atoms with Crippen LogP contribution >= 0.6 is 67.8 Å². The van der Waals surface area contributed by atoms with E-state index in [4.69, 9.17) is 9.84 Å². The molecular weight excluding hydrogens is 639 g/mol. The molecule has 5 nitrogen and oxygen atoms in total. The summed E-state index contributed by atoms with van der Waals surface area (Å²) < 4.78 is 8.42. The van der Waals surface area contributed by atoms with Crippen molar-refractivity contribution in [3.63, 3.8) is 0 Å². The number of aromatic hydroxyl groups is 1. The summed E-state index contributed by atoms with van der Waals surface area (Å²) in [6.45, 7) is 0. The van der Waals surface area contributed by atoms with Crippen LogP contribution in [0.1, 0.15) is 5.56 Å². The molecule has 2 rings (SSSR count). The molecule has 122 valence electrons. The standard InChI is InChI=1S/C15H12I3NO4/c16-9-6-8(1-2-13(9)20)23-14-10(17)3-7(4-11(14)18)5-12(19)15(21)22/h1-4,6,12,20H,5,19H2,(H,21,22)/p+1/t12-/m0/s1. The number of quaternary nitrogens is 1. The summed E-state index contributed by atoms with van der Waals surface area (Å²) in [6.07, 6.45) is 0.374. The molecule has 0 heterocycles. The third-order valence-electron chi connectivity index (χ3n) is 3.03. The van der Waals surface area contributed by atoms with Crippen LogP contribution in [0.25, 0.3) is 0 Å². The van der Waals surface area contributed by atoms with Gasteiger partial charge in [-0.3, -0.25) is 0 Å². The molecule has 0 saturated heterocycles. The van der Waals surface area contributed by atoms with E-state index in [1.54, 1.807) is 18.2 Å². The molecule has 0 fully saturated rings. The van der Waals surface area contributed by atoms with Gasteiger partial charge in [0.2, 0.25) is 0 Å². The van der Waals surface area contributed by atoms with E-state index in [2.05, 4.69) is 50.9 Å². The van der Waals surface area contributed by atoms with Crippen molar-refractivity contribution in [3.8, 4) is 17.2 Å². The first-order valence-electron chi connectivity index (χ1n) is 6.48. The van der Waals surface area contributed by atoms with E-state index in [0.717, 1.165) is 12.7 Å². The second-order valence-electron chi connectivity index (χ2n) is 4.84. The first-order chi connectivity index (χ1) is 10.8. The van der Waals surface area contributed by atoms with E-state index < -0.39 is 12.0 Å². The largest absolute Gasteiger partial charge is 0.507 e. The average molecular weight is 652 g/mol. The van der Waals surface area contributed by atoms with Crippen LogP contribution in [0.4, 0.5) is 0 Å². The topological polar surface area (TPSA) is 94.4 Å². The maximum absolute atomic E-state index is 10.9. The van der Waals surface area contributed by atoms with E-state index in [1.165, 1.54) is 0 Å². The number of hydrogen-bond donors (Lipinski definition) is 3. The van der Waals surface area contributed by atoms with Crippen LogP contribution in [0.15, 0.2) is 30.3 Å². The van der Waals surface area contributed by atoms with Gasteiger partial charge in [0.25, 0.3) is 0 Å². The zero-order chi connectivity index (χ0) is 17.1. The number of carbonyl (C=O) groups is 1. The Morgan fingerprint density at radius 1 is 1.13 bits per heavy atom. The Bertz CT molecular complexity index is 728. The van der Waals surface area contributed by atoms with Crippen molar-refractivity contribution in [2.45, 2.75) is 12.5 Å². The Morgan fingerprint density at radius 2 is 1.74 bits per heavy atom. The second-order valence-corrected chi connectivity index (χ2v) is 8.33. The number of aliphatic carboxylic acids is 1. The number of carboxylic acid groups (broad SMARTS) is 1. The smallest absolute Gasteiger partial charge is 0.362 e. The summed E-state index contributed by atoms with van der Waals surface area (Å²) >= 11 is 6.38. The molecular formula is C15H13I3NO4+. The summed E-state index contributed by atoms with van der Waals surface area (Å²) in [5.74, 6) is 0.658. The molecule has 2 aromatic carbocycles. The molecule has 0 aliphatic carbocycles.